The van der Waals surface area contributed by atoms with Crippen LogP contribution in [0, 0.1) is 0 Å². The van der Waals surface area contributed by atoms with Crippen molar-refractivity contribution < 1.29 is 18.7 Å². The SMILES string of the molecule is O=C(O)c1ccc(-c2cccc(-c3c(-c4c(Cl)cccc4Cl)c4ccccc4n3Sc3ccc(C(F)F)cc3)c2)c(Cl)c1. The number of para-hydroxylation sites is 1. The van der Waals surface area contributed by atoms with Crippen molar-refractivity contribution in [2.45, 2.75) is 11.3 Å². The second-order valence-corrected chi connectivity index (χ2v) is 11.9. The van der Waals surface area contributed by atoms with Crippen LogP contribution < -0.4 is 0 Å². The molecule has 1 N–H and O–H groups in total. The number of carbonyl (C=O) groups is 1. The smallest absolute Gasteiger partial charge is 0.335 e. The van der Waals surface area contributed by atoms with Gasteiger partial charge in [-0.25, -0.2) is 13.6 Å². The van der Waals surface area contributed by atoms with Gasteiger partial charge in [-0.1, -0.05) is 95.5 Å². The number of aromatic nitrogens is 1. The van der Waals surface area contributed by atoms with Crippen molar-refractivity contribution >= 4 is 63.6 Å². The topological polar surface area (TPSA) is 42.2 Å². The lowest BCUT2D eigenvalue weighted by Crippen LogP contribution is -1.96. The van der Waals surface area contributed by atoms with Crippen molar-refractivity contribution in [2.24, 2.45) is 0 Å². The van der Waals surface area contributed by atoms with E-state index in [1.807, 2.05) is 48.5 Å². The van der Waals surface area contributed by atoms with Crippen LogP contribution in [-0.4, -0.2) is 15.0 Å². The molecule has 1 heterocycles. The molecule has 0 spiro atoms. The first-order valence-electron chi connectivity index (χ1n) is 13.0. The summed E-state index contributed by atoms with van der Waals surface area (Å²) in [5.41, 5.74) is 5.45. The normalized spacial score (nSPS) is 11.4. The van der Waals surface area contributed by atoms with E-state index in [9.17, 15) is 18.7 Å². The summed E-state index contributed by atoms with van der Waals surface area (Å²) >= 11 is 21.5. The van der Waals surface area contributed by atoms with E-state index in [-0.39, 0.29) is 11.1 Å². The lowest BCUT2D eigenvalue weighted by molar-refractivity contribution is 0.0697. The Morgan fingerprint density at radius 3 is 2.07 bits per heavy atom. The number of alkyl halides is 2. The molecule has 9 heteroatoms. The highest BCUT2D eigenvalue weighted by Crippen LogP contribution is 2.49. The third-order valence-corrected chi connectivity index (χ3v) is 9.02. The third kappa shape index (κ3) is 5.64. The Kier molecular flexibility index (Phi) is 8.21. The molecule has 0 aliphatic rings. The largest absolute Gasteiger partial charge is 0.478 e. The maximum atomic E-state index is 13.3. The molecule has 0 radical (unpaired) electrons. The van der Waals surface area contributed by atoms with E-state index in [0.29, 0.717) is 26.2 Å². The molecule has 6 rings (SSSR count). The van der Waals surface area contributed by atoms with E-state index >= 15 is 0 Å². The summed E-state index contributed by atoms with van der Waals surface area (Å²) in [4.78, 5) is 12.2. The molecule has 0 saturated carbocycles. The molecule has 0 aliphatic heterocycles. The van der Waals surface area contributed by atoms with E-state index in [1.165, 1.54) is 36.2 Å². The van der Waals surface area contributed by atoms with Gasteiger partial charge in [0.1, 0.15) is 0 Å². The molecule has 3 nitrogen and oxygen atoms in total. The molecule has 0 atom stereocenters. The van der Waals surface area contributed by atoms with Crippen LogP contribution in [0.4, 0.5) is 8.78 Å². The summed E-state index contributed by atoms with van der Waals surface area (Å²) in [7, 11) is 0. The van der Waals surface area contributed by atoms with Gasteiger partial charge in [0.05, 0.1) is 16.8 Å². The zero-order chi connectivity index (χ0) is 30.2. The first-order valence-corrected chi connectivity index (χ1v) is 14.9. The van der Waals surface area contributed by atoms with E-state index in [0.717, 1.165) is 38.2 Å². The predicted molar refractivity (Wildman–Crippen MR) is 173 cm³/mol. The van der Waals surface area contributed by atoms with Crippen LogP contribution in [-0.2, 0) is 0 Å². The van der Waals surface area contributed by atoms with Gasteiger partial charge in [-0.15, -0.1) is 0 Å². The zero-order valence-electron chi connectivity index (χ0n) is 22.1. The average molecular weight is 651 g/mol. The van der Waals surface area contributed by atoms with Crippen molar-refractivity contribution in [3.8, 4) is 33.5 Å². The number of hydrogen-bond acceptors (Lipinski definition) is 2. The van der Waals surface area contributed by atoms with Crippen LogP contribution in [0.25, 0.3) is 44.4 Å². The first-order chi connectivity index (χ1) is 20.7. The Morgan fingerprint density at radius 1 is 0.721 bits per heavy atom. The molecule has 0 unspecified atom stereocenters. The molecule has 0 bridgehead atoms. The quantitative estimate of drug-likeness (QED) is 0.187. The van der Waals surface area contributed by atoms with Crippen molar-refractivity contribution in [2.75, 3.05) is 0 Å². The molecule has 6 aromatic rings. The average Bonchev–Trinajstić information content (AvgIpc) is 3.31. The number of hydrogen-bond donors (Lipinski definition) is 1. The summed E-state index contributed by atoms with van der Waals surface area (Å²) in [6, 6.07) is 31.8. The second kappa shape index (κ2) is 12.1. The zero-order valence-corrected chi connectivity index (χ0v) is 25.2. The van der Waals surface area contributed by atoms with Crippen molar-refractivity contribution in [1.82, 2.24) is 3.97 Å². The fourth-order valence-corrected chi connectivity index (χ4v) is 6.94. The van der Waals surface area contributed by atoms with Crippen LogP contribution in [0.2, 0.25) is 15.1 Å². The van der Waals surface area contributed by atoms with Crippen LogP contribution in [0.5, 0.6) is 0 Å². The van der Waals surface area contributed by atoms with Gasteiger partial charge in [0.15, 0.2) is 0 Å². The third-order valence-electron chi connectivity index (χ3n) is 7.04. The van der Waals surface area contributed by atoms with Gasteiger partial charge in [-0.3, -0.25) is 3.97 Å². The highest BCUT2D eigenvalue weighted by atomic mass is 35.5. The molecule has 43 heavy (non-hydrogen) atoms. The summed E-state index contributed by atoms with van der Waals surface area (Å²) in [5.74, 6) is -1.06. The summed E-state index contributed by atoms with van der Waals surface area (Å²) < 4.78 is 28.6. The summed E-state index contributed by atoms with van der Waals surface area (Å²) in [6.45, 7) is 0. The number of halogens is 5. The number of carboxylic acid groups (broad SMARTS) is 1. The Balaban J connectivity index is 1.62. The monoisotopic (exact) mass is 649 g/mol. The van der Waals surface area contributed by atoms with Crippen LogP contribution in [0.1, 0.15) is 22.3 Å². The molecular weight excluding hydrogens is 631 g/mol. The summed E-state index contributed by atoms with van der Waals surface area (Å²) in [5, 5.41) is 11.6. The van der Waals surface area contributed by atoms with E-state index < -0.39 is 12.4 Å². The van der Waals surface area contributed by atoms with E-state index in [2.05, 4.69) is 3.97 Å². The highest BCUT2D eigenvalue weighted by Gasteiger charge is 2.25. The maximum absolute atomic E-state index is 13.3. The first kappa shape index (κ1) is 29.3. The van der Waals surface area contributed by atoms with Crippen molar-refractivity contribution in [1.29, 1.82) is 0 Å². The Bertz CT molecular complexity index is 1990. The number of carboxylic acids is 1. The van der Waals surface area contributed by atoms with Gasteiger partial charge >= 0.3 is 5.97 Å². The molecular formula is C34H20Cl3F2NO2S. The highest BCUT2D eigenvalue weighted by molar-refractivity contribution is 7.98. The Hall–Kier alpha value is -3.81. The molecule has 0 saturated heterocycles. The lowest BCUT2D eigenvalue weighted by atomic mass is 9.95. The standard InChI is InChI=1S/C34H20Cl3F2NO2S/c35-26-8-4-9-27(36)31(26)30-25-7-1-2-10-29(25)40(43-23-14-11-19(12-15-23)33(38)39)32(30)21-6-3-5-20(17-21)24-16-13-22(34(41)42)18-28(24)37/h1-18,33H,(H,41,42). The van der Waals surface area contributed by atoms with Crippen LogP contribution in [0.15, 0.2) is 114 Å². The molecule has 1 aromatic heterocycles. The van der Waals surface area contributed by atoms with Crippen molar-refractivity contribution in [3.63, 3.8) is 0 Å². The van der Waals surface area contributed by atoms with Crippen LogP contribution >= 0.6 is 46.8 Å². The molecule has 0 amide bonds. The summed E-state index contributed by atoms with van der Waals surface area (Å²) in [6.07, 6.45) is -2.56. The Morgan fingerprint density at radius 2 is 1.40 bits per heavy atom. The van der Waals surface area contributed by atoms with E-state index in [1.54, 1.807) is 36.4 Å². The molecule has 214 valence electrons. The predicted octanol–water partition coefficient (Wildman–Crippen LogP) is 11.8. The minimum Gasteiger partial charge on any atom is -0.478 e. The van der Waals surface area contributed by atoms with Gasteiger partial charge in [0, 0.05) is 53.2 Å². The lowest BCUT2D eigenvalue weighted by Gasteiger charge is -2.15. The number of benzene rings is 5. The van der Waals surface area contributed by atoms with Gasteiger partial charge in [-0.05, 0) is 66.0 Å². The minimum atomic E-state index is -2.56. The molecule has 0 fully saturated rings. The fourth-order valence-electron chi connectivity index (χ4n) is 5.05. The van der Waals surface area contributed by atoms with Gasteiger partial charge in [-0.2, -0.15) is 0 Å². The number of rotatable bonds is 7. The number of fused-ring (bicyclic) bond motifs is 1. The Labute approximate surface area is 265 Å². The van der Waals surface area contributed by atoms with Crippen molar-refractivity contribution in [3.05, 3.63) is 135 Å². The number of nitrogens with zero attached hydrogens (tertiary/aromatic N) is 1. The van der Waals surface area contributed by atoms with Gasteiger partial charge < -0.3 is 5.11 Å². The maximum Gasteiger partial charge on any atom is 0.335 e. The second-order valence-electron chi connectivity index (χ2n) is 9.67. The molecule has 0 aliphatic carbocycles. The van der Waals surface area contributed by atoms with E-state index in [4.69, 9.17) is 34.8 Å². The fraction of sp³-hybridized carbons (Fsp3) is 0.0294. The minimum absolute atomic E-state index is 0.0519. The molecule has 5 aromatic carbocycles. The van der Waals surface area contributed by atoms with Gasteiger partial charge in [0.25, 0.3) is 6.43 Å². The van der Waals surface area contributed by atoms with Gasteiger partial charge in [0.2, 0.25) is 0 Å². The van der Waals surface area contributed by atoms with Crippen LogP contribution in [0.3, 0.4) is 0 Å². The number of aromatic carboxylic acids is 1.